The number of urea groups is 2. The molecule has 4 N–H and O–H groups in total. The maximum atomic E-state index is 12.5. The molecule has 0 bridgehead atoms. The molecule has 31 heavy (non-hydrogen) atoms. The van der Waals surface area contributed by atoms with Gasteiger partial charge in [0.1, 0.15) is 5.54 Å². The first kappa shape index (κ1) is 20.4. The molecular weight excluding hydrogens is 398 g/mol. The Bertz CT molecular complexity index is 1030. The summed E-state index contributed by atoms with van der Waals surface area (Å²) < 4.78 is 0. The summed E-state index contributed by atoms with van der Waals surface area (Å²) in [6.07, 6.45) is 0. The molecule has 160 valence electrons. The predicted molar refractivity (Wildman–Crippen MR) is 112 cm³/mol. The lowest BCUT2D eigenvalue weighted by molar-refractivity contribution is -0.123. The summed E-state index contributed by atoms with van der Waals surface area (Å²) in [5.41, 5.74) is 1.86. The van der Waals surface area contributed by atoms with Crippen LogP contribution >= 0.6 is 0 Å². The van der Waals surface area contributed by atoms with Gasteiger partial charge in [0.05, 0.1) is 0 Å². The summed E-state index contributed by atoms with van der Waals surface area (Å²) in [5.74, 6) is -0.669. The fourth-order valence-corrected chi connectivity index (χ4v) is 3.63. The average molecular weight is 421 g/mol. The van der Waals surface area contributed by atoms with E-state index in [9.17, 15) is 19.2 Å². The van der Waals surface area contributed by atoms with Crippen LogP contribution in [0.1, 0.15) is 34.0 Å². The Balaban J connectivity index is 1.33. The van der Waals surface area contributed by atoms with E-state index >= 15 is 0 Å². The minimum Gasteiger partial charge on any atom is -0.348 e. The molecule has 1 unspecified atom stereocenters. The predicted octanol–water partition coefficient (Wildman–Crippen LogP) is 1.20. The molecule has 2 fully saturated rings. The van der Waals surface area contributed by atoms with Crippen molar-refractivity contribution in [3.8, 4) is 0 Å². The Kier molecular flexibility index (Phi) is 5.33. The summed E-state index contributed by atoms with van der Waals surface area (Å²) in [4.78, 5) is 49.3. The first-order chi connectivity index (χ1) is 14.8. The van der Waals surface area contributed by atoms with Gasteiger partial charge < -0.3 is 20.9 Å². The van der Waals surface area contributed by atoms with Crippen LogP contribution < -0.4 is 21.3 Å². The minimum atomic E-state index is -1.15. The number of nitrogens with one attached hydrogen (secondary N) is 4. The van der Waals surface area contributed by atoms with E-state index in [2.05, 4.69) is 21.3 Å². The third kappa shape index (κ3) is 4.20. The Hall–Kier alpha value is -3.88. The van der Waals surface area contributed by atoms with Crippen molar-refractivity contribution in [3.63, 3.8) is 0 Å². The largest absolute Gasteiger partial charge is 0.348 e. The highest BCUT2D eigenvalue weighted by Crippen LogP contribution is 2.24. The molecule has 9 heteroatoms. The van der Waals surface area contributed by atoms with Crippen molar-refractivity contribution in [2.24, 2.45) is 0 Å². The maximum absolute atomic E-state index is 12.5. The van der Waals surface area contributed by atoms with E-state index in [1.807, 2.05) is 24.3 Å². The van der Waals surface area contributed by atoms with Crippen LogP contribution in [0.15, 0.2) is 48.5 Å². The second kappa shape index (κ2) is 8.10. The molecule has 0 saturated carbocycles. The van der Waals surface area contributed by atoms with Crippen LogP contribution in [0, 0.1) is 0 Å². The highest BCUT2D eigenvalue weighted by molar-refractivity contribution is 6.07. The summed E-state index contributed by atoms with van der Waals surface area (Å²) in [7, 11) is 0. The van der Waals surface area contributed by atoms with E-state index < -0.39 is 17.5 Å². The number of hydrogen-bond acceptors (Lipinski definition) is 4. The van der Waals surface area contributed by atoms with Crippen LogP contribution in [-0.4, -0.2) is 41.9 Å². The van der Waals surface area contributed by atoms with Crippen molar-refractivity contribution in [2.75, 3.05) is 13.1 Å². The summed E-state index contributed by atoms with van der Waals surface area (Å²) >= 11 is 0. The molecule has 4 rings (SSSR count). The summed E-state index contributed by atoms with van der Waals surface area (Å²) in [6, 6.07) is 13.7. The molecule has 9 nitrogen and oxygen atoms in total. The molecule has 2 aliphatic heterocycles. The Morgan fingerprint density at radius 2 is 1.71 bits per heavy atom. The van der Waals surface area contributed by atoms with Crippen LogP contribution in [-0.2, 0) is 23.4 Å². The van der Waals surface area contributed by atoms with Crippen molar-refractivity contribution < 1.29 is 19.2 Å². The van der Waals surface area contributed by atoms with Crippen LogP contribution in [0.25, 0.3) is 0 Å². The second-order valence-corrected chi connectivity index (χ2v) is 7.76. The van der Waals surface area contributed by atoms with Gasteiger partial charge in [-0.1, -0.05) is 36.4 Å². The van der Waals surface area contributed by atoms with E-state index in [0.717, 1.165) is 11.1 Å². The molecule has 0 aromatic heterocycles. The monoisotopic (exact) mass is 421 g/mol. The number of hydrogen-bond donors (Lipinski definition) is 4. The number of nitrogens with zero attached hydrogens (tertiary/aromatic N) is 1. The topological polar surface area (TPSA) is 120 Å². The van der Waals surface area contributed by atoms with E-state index in [4.69, 9.17) is 0 Å². The van der Waals surface area contributed by atoms with Gasteiger partial charge in [0.15, 0.2) is 0 Å². The molecule has 0 spiro atoms. The SMILES string of the molecule is CC1(c2ccc(C(=O)NCc3ccc(CN4CCNC4=O)cc3)cc2)NC(=O)NC1=O. The number of imide groups is 1. The van der Waals surface area contributed by atoms with E-state index in [1.54, 1.807) is 36.1 Å². The lowest BCUT2D eigenvalue weighted by Gasteiger charge is -2.21. The molecular formula is C22H23N5O4. The first-order valence-electron chi connectivity index (χ1n) is 9.98. The molecule has 6 amide bonds. The number of carbonyl (C=O) groups excluding carboxylic acids is 4. The standard InChI is InChI=1S/C22H23N5O4/c1-22(19(29)25-20(30)26-22)17-8-6-16(7-9-17)18(28)24-12-14-2-4-15(5-3-14)13-27-11-10-23-21(27)31/h2-9H,10-13H2,1H3,(H,23,31)(H,24,28)(H2,25,26,29,30). The number of carbonyl (C=O) groups is 4. The van der Waals surface area contributed by atoms with Crippen molar-refractivity contribution in [2.45, 2.75) is 25.6 Å². The van der Waals surface area contributed by atoms with Crippen molar-refractivity contribution >= 4 is 23.9 Å². The van der Waals surface area contributed by atoms with Gasteiger partial charge >= 0.3 is 12.1 Å². The van der Waals surface area contributed by atoms with Gasteiger partial charge in [0.2, 0.25) is 0 Å². The summed E-state index contributed by atoms with van der Waals surface area (Å²) in [5, 5.41) is 10.5. The number of amides is 6. The van der Waals surface area contributed by atoms with Crippen molar-refractivity contribution in [1.29, 1.82) is 0 Å². The van der Waals surface area contributed by atoms with Gasteiger partial charge in [-0.3, -0.25) is 14.9 Å². The quantitative estimate of drug-likeness (QED) is 0.524. The van der Waals surface area contributed by atoms with Crippen LogP contribution in [0.2, 0.25) is 0 Å². The van der Waals surface area contributed by atoms with Crippen LogP contribution in [0.5, 0.6) is 0 Å². The molecule has 1 atom stereocenters. The Labute approximate surface area is 179 Å². The fourth-order valence-electron chi connectivity index (χ4n) is 3.63. The molecule has 2 heterocycles. The lowest BCUT2D eigenvalue weighted by atomic mass is 9.91. The first-order valence-corrected chi connectivity index (χ1v) is 9.98. The number of rotatable bonds is 6. The van der Waals surface area contributed by atoms with Crippen LogP contribution in [0.4, 0.5) is 9.59 Å². The zero-order valence-electron chi connectivity index (χ0n) is 17.0. The third-order valence-corrected chi connectivity index (χ3v) is 5.56. The summed E-state index contributed by atoms with van der Waals surface area (Å²) in [6.45, 7) is 3.90. The third-order valence-electron chi connectivity index (χ3n) is 5.56. The smallest absolute Gasteiger partial charge is 0.322 e. The van der Waals surface area contributed by atoms with Gasteiger partial charge in [-0.15, -0.1) is 0 Å². The van der Waals surface area contributed by atoms with Gasteiger partial charge in [-0.25, -0.2) is 9.59 Å². The van der Waals surface area contributed by atoms with E-state index in [0.29, 0.717) is 37.3 Å². The Morgan fingerprint density at radius 3 is 2.29 bits per heavy atom. The lowest BCUT2D eigenvalue weighted by Crippen LogP contribution is -2.40. The van der Waals surface area contributed by atoms with E-state index in [-0.39, 0.29) is 11.9 Å². The van der Waals surface area contributed by atoms with Crippen LogP contribution in [0.3, 0.4) is 0 Å². The normalized spacial score (nSPS) is 20.3. The van der Waals surface area contributed by atoms with Crippen molar-refractivity contribution in [1.82, 2.24) is 26.2 Å². The molecule has 2 aromatic carbocycles. The Morgan fingerprint density at radius 1 is 1.03 bits per heavy atom. The zero-order valence-corrected chi connectivity index (χ0v) is 17.0. The van der Waals surface area contributed by atoms with Gasteiger partial charge in [-0.05, 0) is 35.7 Å². The highest BCUT2D eigenvalue weighted by atomic mass is 16.2. The van der Waals surface area contributed by atoms with Crippen molar-refractivity contribution in [3.05, 3.63) is 70.8 Å². The fraction of sp³-hybridized carbons (Fsp3) is 0.273. The highest BCUT2D eigenvalue weighted by Gasteiger charge is 2.43. The number of benzene rings is 2. The average Bonchev–Trinajstić information content (AvgIpc) is 3.29. The molecule has 2 aliphatic rings. The van der Waals surface area contributed by atoms with Gasteiger partial charge in [0.25, 0.3) is 11.8 Å². The maximum Gasteiger partial charge on any atom is 0.322 e. The van der Waals surface area contributed by atoms with Gasteiger partial charge in [0, 0.05) is 31.7 Å². The minimum absolute atomic E-state index is 0.0488. The molecule has 0 radical (unpaired) electrons. The molecule has 2 aromatic rings. The zero-order chi connectivity index (χ0) is 22.0. The van der Waals surface area contributed by atoms with E-state index in [1.165, 1.54) is 0 Å². The molecule has 2 saturated heterocycles. The molecule has 0 aliphatic carbocycles. The van der Waals surface area contributed by atoms with Gasteiger partial charge in [-0.2, -0.15) is 0 Å². The second-order valence-electron chi connectivity index (χ2n) is 7.76.